The molecule has 36 heavy (non-hydrogen) atoms. The van der Waals surface area contributed by atoms with Crippen molar-refractivity contribution in [2.45, 2.75) is 39.3 Å². The van der Waals surface area contributed by atoms with Gasteiger partial charge in [-0.05, 0) is 60.4 Å². The van der Waals surface area contributed by atoms with Gasteiger partial charge in [0, 0.05) is 12.1 Å². The average molecular weight is 486 g/mol. The molecular formula is C30H31NO5. The molecule has 1 heterocycles. The molecule has 0 saturated carbocycles. The molecule has 6 nitrogen and oxygen atoms in total. The van der Waals surface area contributed by atoms with Gasteiger partial charge in [0.2, 0.25) is 0 Å². The molecule has 1 atom stereocenters. The molecule has 0 bridgehead atoms. The first-order valence-corrected chi connectivity index (χ1v) is 12.3. The molecule has 186 valence electrons. The summed E-state index contributed by atoms with van der Waals surface area (Å²) in [5.41, 5.74) is 2.13. The van der Waals surface area contributed by atoms with Gasteiger partial charge in [-0.25, -0.2) is 0 Å². The maximum absolute atomic E-state index is 13.3. The second kappa shape index (κ2) is 11.6. The van der Waals surface area contributed by atoms with Crippen molar-refractivity contribution < 1.29 is 24.2 Å². The lowest BCUT2D eigenvalue weighted by Gasteiger charge is -2.25. The molecule has 1 saturated heterocycles. The fraction of sp³-hybridized carbons (Fsp3) is 0.267. The van der Waals surface area contributed by atoms with Crippen molar-refractivity contribution in [3.63, 3.8) is 0 Å². The number of nitrogens with zero attached hydrogens (tertiary/aromatic N) is 1. The van der Waals surface area contributed by atoms with Gasteiger partial charge >= 0.3 is 0 Å². The number of aliphatic hydroxyl groups is 1. The van der Waals surface area contributed by atoms with E-state index >= 15 is 0 Å². The van der Waals surface area contributed by atoms with E-state index in [1.165, 1.54) is 4.90 Å². The highest BCUT2D eigenvalue weighted by Gasteiger charge is 2.46. The van der Waals surface area contributed by atoms with Crippen LogP contribution in [0.3, 0.4) is 0 Å². The first-order chi connectivity index (χ1) is 17.5. The predicted molar refractivity (Wildman–Crippen MR) is 139 cm³/mol. The van der Waals surface area contributed by atoms with Gasteiger partial charge < -0.3 is 19.5 Å². The van der Waals surface area contributed by atoms with Gasteiger partial charge in [-0.15, -0.1) is 0 Å². The molecular weight excluding hydrogens is 454 g/mol. The van der Waals surface area contributed by atoms with Crippen LogP contribution in [-0.4, -0.2) is 34.9 Å². The maximum atomic E-state index is 13.3. The van der Waals surface area contributed by atoms with Crippen LogP contribution in [0.4, 0.5) is 0 Å². The Hall–Kier alpha value is -4.06. The third-order valence-electron chi connectivity index (χ3n) is 6.00. The Labute approximate surface area is 211 Å². The van der Waals surface area contributed by atoms with Crippen molar-refractivity contribution in [2.24, 2.45) is 0 Å². The monoisotopic (exact) mass is 485 g/mol. The van der Waals surface area contributed by atoms with E-state index in [9.17, 15) is 14.7 Å². The number of amides is 1. The number of likely N-dealkylation sites (tertiary alicyclic amines) is 1. The first-order valence-electron chi connectivity index (χ1n) is 12.3. The molecule has 1 fully saturated rings. The van der Waals surface area contributed by atoms with Gasteiger partial charge in [0.25, 0.3) is 11.7 Å². The molecule has 0 aliphatic carbocycles. The predicted octanol–water partition coefficient (Wildman–Crippen LogP) is 5.89. The normalized spacial score (nSPS) is 16.8. The van der Waals surface area contributed by atoms with Gasteiger partial charge in [0.15, 0.2) is 0 Å². The molecule has 0 spiro atoms. The van der Waals surface area contributed by atoms with Crippen molar-refractivity contribution in [3.8, 4) is 11.5 Å². The number of carbonyl (C=O) groups excluding carboxylic acids is 2. The average Bonchev–Trinajstić information content (AvgIpc) is 3.16. The van der Waals surface area contributed by atoms with Crippen molar-refractivity contribution in [1.29, 1.82) is 0 Å². The van der Waals surface area contributed by atoms with Crippen LogP contribution in [0.25, 0.3) is 5.76 Å². The van der Waals surface area contributed by atoms with Crippen LogP contribution >= 0.6 is 0 Å². The number of benzene rings is 3. The van der Waals surface area contributed by atoms with Crippen LogP contribution in [0, 0.1) is 0 Å². The Balaban J connectivity index is 1.75. The number of Topliss-reactive ketones (excluding diaryl/α,β-unsaturated/α-hetero) is 1. The summed E-state index contributed by atoms with van der Waals surface area (Å²) in [7, 11) is 0. The van der Waals surface area contributed by atoms with Gasteiger partial charge in [0.05, 0.1) is 24.8 Å². The van der Waals surface area contributed by atoms with E-state index in [0.717, 1.165) is 24.0 Å². The first kappa shape index (κ1) is 25.0. The van der Waals surface area contributed by atoms with Crippen molar-refractivity contribution in [1.82, 2.24) is 4.90 Å². The van der Waals surface area contributed by atoms with Gasteiger partial charge in [-0.2, -0.15) is 0 Å². The molecule has 0 aromatic heterocycles. The highest BCUT2D eigenvalue weighted by molar-refractivity contribution is 6.46. The van der Waals surface area contributed by atoms with E-state index in [0.29, 0.717) is 30.3 Å². The lowest BCUT2D eigenvalue weighted by Crippen LogP contribution is -2.29. The molecule has 3 aromatic carbocycles. The number of hydrogen-bond acceptors (Lipinski definition) is 5. The zero-order valence-electron chi connectivity index (χ0n) is 20.6. The number of aliphatic hydroxyl groups excluding tert-OH is 1. The molecule has 6 heteroatoms. The summed E-state index contributed by atoms with van der Waals surface area (Å²) in [6, 6.07) is 23.0. The Morgan fingerprint density at radius 2 is 1.36 bits per heavy atom. The minimum absolute atomic E-state index is 0.0698. The molecule has 0 radical (unpaired) electrons. The zero-order chi connectivity index (χ0) is 25.5. The van der Waals surface area contributed by atoms with Crippen molar-refractivity contribution >= 4 is 17.4 Å². The van der Waals surface area contributed by atoms with E-state index in [4.69, 9.17) is 9.47 Å². The van der Waals surface area contributed by atoms with Crippen molar-refractivity contribution in [3.05, 3.63) is 101 Å². The van der Waals surface area contributed by atoms with E-state index in [-0.39, 0.29) is 17.9 Å². The summed E-state index contributed by atoms with van der Waals surface area (Å²) in [5, 5.41) is 11.3. The standard InChI is InChI=1S/C30H31NO5/c1-3-18-35-24-14-10-22(11-15-24)27-26(28(32)23-12-16-25(17-13-23)36-19-4-2)29(33)30(34)31(27)20-21-8-6-5-7-9-21/h5-17,27,32H,3-4,18-20H2,1-2H3/b28-26+. The Bertz CT molecular complexity index is 1220. The molecule has 3 aromatic rings. The van der Waals surface area contributed by atoms with Crippen LogP contribution < -0.4 is 9.47 Å². The Morgan fingerprint density at radius 3 is 1.92 bits per heavy atom. The van der Waals surface area contributed by atoms with E-state index in [2.05, 4.69) is 0 Å². The molecule has 4 rings (SSSR count). The fourth-order valence-electron chi connectivity index (χ4n) is 4.22. The highest BCUT2D eigenvalue weighted by Crippen LogP contribution is 2.40. The van der Waals surface area contributed by atoms with Crippen LogP contribution in [-0.2, 0) is 16.1 Å². The summed E-state index contributed by atoms with van der Waals surface area (Å²) in [6.45, 7) is 5.49. The van der Waals surface area contributed by atoms with Crippen molar-refractivity contribution in [2.75, 3.05) is 13.2 Å². The van der Waals surface area contributed by atoms with E-state index in [1.54, 1.807) is 24.3 Å². The number of carbonyl (C=O) groups is 2. The topological polar surface area (TPSA) is 76.1 Å². The lowest BCUT2D eigenvalue weighted by atomic mass is 9.95. The van der Waals surface area contributed by atoms with Gasteiger partial charge in [-0.1, -0.05) is 56.3 Å². The van der Waals surface area contributed by atoms with E-state index in [1.807, 2.05) is 68.4 Å². The van der Waals surface area contributed by atoms with Crippen LogP contribution in [0.15, 0.2) is 84.4 Å². The van der Waals surface area contributed by atoms with Gasteiger partial charge in [0.1, 0.15) is 17.3 Å². The fourth-order valence-corrected chi connectivity index (χ4v) is 4.22. The summed E-state index contributed by atoms with van der Waals surface area (Å²) in [5.74, 6) is -0.159. The lowest BCUT2D eigenvalue weighted by molar-refractivity contribution is -0.140. The summed E-state index contributed by atoms with van der Waals surface area (Å²) in [6.07, 6.45) is 1.77. The third kappa shape index (κ3) is 5.43. The van der Waals surface area contributed by atoms with Crippen LogP contribution in [0.2, 0.25) is 0 Å². The molecule has 1 aliphatic heterocycles. The van der Waals surface area contributed by atoms with Gasteiger partial charge in [-0.3, -0.25) is 9.59 Å². The highest BCUT2D eigenvalue weighted by atomic mass is 16.5. The minimum Gasteiger partial charge on any atom is -0.507 e. The number of ether oxygens (including phenoxy) is 2. The summed E-state index contributed by atoms with van der Waals surface area (Å²) >= 11 is 0. The molecule has 1 amide bonds. The number of ketones is 1. The quantitative estimate of drug-likeness (QED) is 0.220. The smallest absolute Gasteiger partial charge is 0.295 e. The molecule has 1 aliphatic rings. The third-order valence-corrected chi connectivity index (χ3v) is 6.00. The van der Waals surface area contributed by atoms with E-state index < -0.39 is 17.7 Å². The maximum Gasteiger partial charge on any atom is 0.295 e. The number of rotatable bonds is 10. The Morgan fingerprint density at radius 1 is 0.806 bits per heavy atom. The largest absolute Gasteiger partial charge is 0.507 e. The van der Waals surface area contributed by atoms with Crippen LogP contribution in [0.5, 0.6) is 11.5 Å². The number of hydrogen-bond donors (Lipinski definition) is 1. The molecule has 1 unspecified atom stereocenters. The zero-order valence-corrected chi connectivity index (χ0v) is 20.6. The second-order valence-electron chi connectivity index (χ2n) is 8.70. The SMILES string of the molecule is CCCOc1ccc(/C(O)=C2\C(=O)C(=O)N(Cc3ccccc3)C2c2ccc(OCCC)cc2)cc1. The molecule has 1 N–H and O–H groups in total. The summed E-state index contributed by atoms with van der Waals surface area (Å²) < 4.78 is 11.3. The minimum atomic E-state index is -0.735. The second-order valence-corrected chi connectivity index (χ2v) is 8.70. The van der Waals surface area contributed by atoms with Crippen LogP contribution in [0.1, 0.15) is 49.4 Å². The Kier molecular flexibility index (Phi) is 8.06. The summed E-state index contributed by atoms with van der Waals surface area (Å²) in [4.78, 5) is 28.0.